The van der Waals surface area contributed by atoms with Crippen molar-refractivity contribution in [2.45, 2.75) is 18.0 Å². The molecule has 0 saturated heterocycles. The molecule has 2 aromatic carbocycles. The molecule has 0 saturated carbocycles. The number of rotatable bonds is 7. The van der Waals surface area contributed by atoms with Crippen molar-refractivity contribution in [1.29, 1.82) is 0 Å². The van der Waals surface area contributed by atoms with Crippen LogP contribution in [0, 0.1) is 10.1 Å². The highest BCUT2D eigenvalue weighted by atomic mass is 32.2. The number of carbonyl (C=O) groups excluding carboxylic acids is 1. The normalized spacial score (nSPS) is 10.3. The van der Waals surface area contributed by atoms with Crippen molar-refractivity contribution in [3.05, 3.63) is 63.7 Å². The Bertz CT molecular complexity index is 798. The summed E-state index contributed by atoms with van der Waals surface area (Å²) in [6.45, 7) is 0.644. The molecule has 2 rings (SSSR count). The van der Waals surface area contributed by atoms with Crippen LogP contribution in [-0.4, -0.2) is 36.3 Å². The van der Waals surface area contributed by atoms with E-state index in [-0.39, 0.29) is 18.3 Å². The standard InChI is InChI=1S/C18H21N3O4S/c1-20(12-14-7-8-17(26-3)16(10-14)25-2)18(22)19-11-13-5-4-6-15(9-13)21(23)24/h4-10H,11-12H2,1-3H3,(H,19,22). The van der Waals surface area contributed by atoms with Crippen LogP contribution in [0.2, 0.25) is 0 Å². The molecular formula is C18H21N3O4S. The molecule has 8 heteroatoms. The third-order valence-electron chi connectivity index (χ3n) is 3.78. The third-order valence-corrected chi connectivity index (χ3v) is 4.56. The fourth-order valence-electron chi connectivity index (χ4n) is 2.42. The minimum atomic E-state index is -0.455. The maximum atomic E-state index is 12.3. The molecule has 0 radical (unpaired) electrons. The van der Waals surface area contributed by atoms with Gasteiger partial charge in [0.15, 0.2) is 0 Å². The Morgan fingerprint density at radius 1 is 1.27 bits per heavy atom. The molecule has 7 nitrogen and oxygen atoms in total. The number of non-ortho nitro benzene ring substituents is 1. The first-order chi connectivity index (χ1) is 12.4. The van der Waals surface area contributed by atoms with E-state index in [0.717, 1.165) is 16.2 Å². The molecule has 2 amide bonds. The first kappa shape index (κ1) is 19.6. The monoisotopic (exact) mass is 375 g/mol. The molecule has 0 unspecified atom stereocenters. The van der Waals surface area contributed by atoms with Crippen LogP contribution in [0.15, 0.2) is 47.4 Å². The Kier molecular flexibility index (Phi) is 6.85. The van der Waals surface area contributed by atoms with Crippen molar-refractivity contribution < 1.29 is 14.5 Å². The fourth-order valence-corrected chi connectivity index (χ4v) is 2.96. The first-order valence-corrected chi connectivity index (χ1v) is 9.10. The molecule has 0 bridgehead atoms. The summed E-state index contributed by atoms with van der Waals surface area (Å²) >= 11 is 1.60. The molecule has 0 aromatic heterocycles. The number of benzene rings is 2. The van der Waals surface area contributed by atoms with Crippen molar-refractivity contribution in [3.63, 3.8) is 0 Å². The van der Waals surface area contributed by atoms with E-state index in [0.29, 0.717) is 12.1 Å². The van der Waals surface area contributed by atoms with E-state index in [1.165, 1.54) is 12.1 Å². The second-order valence-electron chi connectivity index (χ2n) is 5.63. The molecule has 0 heterocycles. The van der Waals surface area contributed by atoms with Gasteiger partial charge in [-0.2, -0.15) is 0 Å². The minimum absolute atomic E-state index is 0.00563. The molecule has 0 spiro atoms. The lowest BCUT2D eigenvalue weighted by Crippen LogP contribution is -2.36. The predicted molar refractivity (Wildman–Crippen MR) is 102 cm³/mol. The number of hydrogen-bond acceptors (Lipinski definition) is 5. The number of amides is 2. The highest BCUT2D eigenvalue weighted by molar-refractivity contribution is 7.98. The van der Waals surface area contributed by atoms with E-state index in [1.807, 2.05) is 24.5 Å². The number of urea groups is 1. The smallest absolute Gasteiger partial charge is 0.317 e. The maximum absolute atomic E-state index is 12.3. The number of nitro groups is 1. The van der Waals surface area contributed by atoms with Crippen LogP contribution in [0.5, 0.6) is 5.75 Å². The molecule has 26 heavy (non-hydrogen) atoms. The van der Waals surface area contributed by atoms with E-state index in [9.17, 15) is 14.9 Å². The number of ether oxygens (including phenoxy) is 1. The van der Waals surface area contributed by atoms with Crippen LogP contribution >= 0.6 is 11.8 Å². The Morgan fingerprint density at radius 3 is 2.69 bits per heavy atom. The molecule has 0 aliphatic rings. The van der Waals surface area contributed by atoms with Crippen molar-refractivity contribution in [1.82, 2.24) is 10.2 Å². The predicted octanol–water partition coefficient (Wildman–Crippen LogP) is 3.67. The topological polar surface area (TPSA) is 84.7 Å². The summed E-state index contributed by atoms with van der Waals surface area (Å²) < 4.78 is 5.36. The van der Waals surface area contributed by atoms with E-state index in [2.05, 4.69) is 5.32 Å². The zero-order chi connectivity index (χ0) is 19.1. The lowest BCUT2D eigenvalue weighted by molar-refractivity contribution is -0.384. The van der Waals surface area contributed by atoms with Crippen molar-refractivity contribution in [2.24, 2.45) is 0 Å². The molecular weight excluding hydrogens is 354 g/mol. The molecule has 138 valence electrons. The first-order valence-electron chi connectivity index (χ1n) is 7.87. The maximum Gasteiger partial charge on any atom is 0.317 e. The van der Waals surface area contributed by atoms with Crippen LogP contribution in [-0.2, 0) is 13.1 Å². The number of nitrogens with one attached hydrogen (secondary N) is 1. The summed E-state index contributed by atoms with van der Waals surface area (Å²) in [4.78, 5) is 25.2. The number of hydrogen-bond donors (Lipinski definition) is 1. The van der Waals surface area contributed by atoms with E-state index in [1.54, 1.807) is 43.0 Å². The van der Waals surface area contributed by atoms with Crippen LogP contribution in [0.3, 0.4) is 0 Å². The molecule has 0 aliphatic heterocycles. The molecule has 0 aliphatic carbocycles. The molecule has 0 atom stereocenters. The quantitative estimate of drug-likeness (QED) is 0.453. The largest absolute Gasteiger partial charge is 0.496 e. The zero-order valence-electron chi connectivity index (χ0n) is 14.9. The summed E-state index contributed by atoms with van der Waals surface area (Å²) in [6.07, 6.45) is 1.98. The lowest BCUT2D eigenvalue weighted by Gasteiger charge is -2.19. The molecule has 0 fully saturated rings. The van der Waals surface area contributed by atoms with Gasteiger partial charge in [-0.15, -0.1) is 11.8 Å². The number of nitrogens with zero attached hydrogens (tertiary/aromatic N) is 2. The number of methoxy groups -OCH3 is 1. The number of carbonyl (C=O) groups is 1. The second-order valence-corrected chi connectivity index (χ2v) is 6.48. The zero-order valence-corrected chi connectivity index (χ0v) is 15.7. The molecule has 2 aromatic rings. The van der Waals surface area contributed by atoms with Crippen LogP contribution in [0.1, 0.15) is 11.1 Å². The van der Waals surface area contributed by atoms with E-state index < -0.39 is 4.92 Å². The Morgan fingerprint density at radius 2 is 2.04 bits per heavy atom. The highest BCUT2D eigenvalue weighted by Crippen LogP contribution is 2.28. The van der Waals surface area contributed by atoms with E-state index >= 15 is 0 Å². The second kappa shape index (κ2) is 9.10. The van der Waals surface area contributed by atoms with Gasteiger partial charge in [-0.05, 0) is 29.5 Å². The van der Waals surface area contributed by atoms with Gasteiger partial charge < -0.3 is 15.0 Å². The van der Waals surface area contributed by atoms with Gasteiger partial charge in [-0.25, -0.2) is 4.79 Å². The Hall–Kier alpha value is -2.74. The minimum Gasteiger partial charge on any atom is -0.496 e. The Balaban J connectivity index is 1.95. The summed E-state index contributed by atoms with van der Waals surface area (Å²) in [5.41, 5.74) is 1.63. The summed E-state index contributed by atoms with van der Waals surface area (Å²) in [7, 11) is 3.31. The van der Waals surface area contributed by atoms with Gasteiger partial charge in [0.1, 0.15) is 5.75 Å². The average Bonchev–Trinajstić information content (AvgIpc) is 2.66. The van der Waals surface area contributed by atoms with Gasteiger partial charge in [0.05, 0.1) is 12.0 Å². The summed E-state index contributed by atoms with van der Waals surface area (Å²) in [6, 6.07) is 11.8. The fraction of sp³-hybridized carbons (Fsp3) is 0.278. The Labute approximate surface area is 156 Å². The lowest BCUT2D eigenvalue weighted by atomic mass is 10.2. The van der Waals surface area contributed by atoms with Gasteiger partial charge in [0.2, 0.25) is 0 Å². The average molecular weight is 375 g/mol. The number of thioether (sulfide) groups is 1. The van der Waals surface area contributed by atoms with Gasteiger partial charge in [0.25, 0.3) is 5.69 Å². The van der Waals surface area contributed by atoms with Crippen molar-refractivity contribution in [3.8, 4) is 5.75 Å². The van der Waals surface area contributed by atoms with Crippen molar-refractivity contribution in [2.75, 3.05) is 20.4 Å². The number of nitro benzene ring substituents is 1. The summed E-state index contributed by atoms with van der Waals surface area (Å²) in [5, 5.41) is 13.6. The summed E-state index contributed by atoms with van der Waals surface area (Å²) in [5.74, 6) is 0.778. The van der Waals surface area contributed by atoms with Gasteiger partial charge in [0, 0.05) is 37.2 Å². The van der Waals surface area contributed by atoms with Crippen LogP contribution in [0.25, 0.3) is 0 Å². The third kappa shape index (κ3) is 5.13. The van der Waals surface area contributed by atoms with Gasteiger partial charge in [-0.1, -0.05) is 18.2 Å². The van der Waals surface area contributed by atoms with Crippen LogP contribution in [0.4, 0.5) is 10.5 Å². The van der Waals surface area contributed by atoms with Crippen LogP contribution < -0.4 is 10.1 Å². The van der Waals surface area contributed by atoms with Gasteiger partial charge >= 0.3 is 6.03 Å². The SMILES string of the molecule is COc1cc(CN(C)C(=O)NCc2cccc([N+](=O)[O-])c2)ccc1SC. The van der Waals surface area contributed by atoms with Gasteiger partial charge in [-0.3, -0.25) is 10.1 Å². The molecule has 1 N–H and O–H groups in total. The van der Waals surface area contributed by atoms with E-state index in [4.69, 9.17) is 4.74 Å². The van der Waals surface area contributed by atoms with Crippen molar-refractivity contribution >= 4 is 23.5 Å². The highest BCUT2D eigenvalue weighted by Gasteiger charge is 2.12.